The first kappa shape index (κ1) is 19.3. The summed E-state index contributed by atoms with van der Waals surface area (Å²) in [6, 6.07) is 0. The first-order valence-electron chi connectivity index (χ1n) is 6.25. The fourth-order valence-corrected chi connectivity index (χ4v) is 1.60. The second-order valence-corrected chi connectivity index (χ2v) is 5.34. The van der Waals surface area contributed by atoms with Crippen LogP contribution in [-0.4, -0.2) is 58.6 Å². The first-order valence-corrected chi connectivity index (χ1v) is 7.78. The number of rotatable bonds is 11. The van der Waals surface area contributed by atoms with Crippen molar-refractivity contribution in [2.24, 2.45) is 0 Å². The van der Waals surface area contributed by atoms with Crippen molar-refractivity contribution >= 4 is 13.9 Å². The number of hydrogen-bond donors (Lipinski definition) is 5. The highest BCUT2D eigenvalue weighted by molar-refractivity contribution is 7.46. The van der Waals surface area contributed by atoms with Gasteiger partial charge in [-0.1, -0.05) is 12.8 Å². The lowest BCUT2D eigenvalue weighted by Crippen LogP contribution is -2.29. The van der Waals surface area contributed by atoms with Crippen LogP contribution in [0.15, 0.2) is 0 Å². The van der Waals surface area contributed by atoms with Gasteiger partial charge in [0.1, 0.15) is 12.7 Å². The van der Waals surface area contributed by atoms with Gasteiger partial charge in [0.15, 0.2) is 0 Å². The van der Waals surface area contributed by atoms with E-state index in [-0.39, 0.29) is 13.2 Å². The van der Waals surface area contributed by atoms with Crippen LogP contribution in [0.4, 0.5) is 4.79 Å². The zero-order valence-corrected chi connectivity index (χ0v) is 12.0. The molecule has 10 heteroatoms. The third-order valence-electron chi connectivity index (χ3n) is 2.22. The van der Waals surface area contributed by atoms with Crippen LogP contribution >= 0.6 is 7.82 Å². The summed E-state index contributed by atoms with van der Waals surface area (Å²) in [5.74, 6) is 0. The van der Waals surface area contributed by atoms with E-state index < -0.39 is 26.6 Å². The molecule has 1 unspecified atom stereocenters. The van der Waals surface area contributed by atoms with E-state index >= 15 is 0 Å². The quantitative estimate of drug-likeness (QED) is 0.259. The number of phosphoric acid groups is 1. The summed E-state index contributed by atoms with van der Waals surface area (Å²) in [6.07, 6.45) is 0.965. The predicted octanol–water partition coefficient (Wildman–Crippen LogP) is -0.264. The molecule has 0 aromatic carbocycles. The minimum Gasteiger partial charge on any atom is -0.447 e. The number of phosphoric ester groups is 1. The number of nitrogens with one attached hydrogen (secondary N) is 1. The van der Waals surface area contributed by atoms with Crippen molar-refractivity contribution < 1.29 is 38.6 Å². The Morgan fingerprint density at radius 2 is 1.85 bits per heavy atom. The van der Waals surface area contributed by atoms with Crippen molar-refractivity contribution in [2.45, 2.75) is 31.8 Å². The topological polar surface area (TPSA) is 146 Å². The molecule has 0 aliphatic carbocycles. The second-order valence-electron chi connectivity index (χ2n) is 4.10. The average Bonchev–Trinajstić information content (AvgIpc) is 2.37. The number of hydrogen-bond acceptors (Lipinski definition) is 6. The average molecular weight is 315 g/mol. The molecule has 0 aliphatic heterocycles. The Balaban J connectivity index is 3.31. The SMILES string of the molecule is O=C(NCCCCCCOP(=O)(O)O)OCC(O)CO. The molecule has 1 atom stereocenters. The molecule has 0 bridgehead atoms. The maximum absolute atomic E-state index is 11.1. The number of amides is 1. The van der Waals surface area contributed by atoms with Gasteiger partial charge in [-0.05, 0) is 12.8 Å². The Hall–Kier alpha value is -0.700. The molecule has 120 valence electrons. The van der Waals surface area contributed by atoms with E-state index in [2.05, 4.69) is 14.6 Å². The fraction of sp³-hybridized carbons (Fsp3) is 0.900. The molecule has 1 amide bonds. The third kappa shape index (κ3) is 13.7. The zero-order valence-electron chi connectivity index (χ0n) is 11.1. The lowest BCUT2D eigenvalue weighted by molar-refractivity contribution is 0.0321. The number of carbonyl (C=O) groups excluding carboxylic acids is 1. The van der Waals surface area contributed by atoms with Crippen LogP contribution in [0.2, 0.25) is 0 Å². The molecule has 9 nitrogen and oxygen atoms in total. The molecule has 0 saturated carbocycles. The van der Waals surface area contributed by atoms with Crippen molar-refractivity contribution in [2.75, 3.05) is 26.4 Å². The van der Waals surface area contributed by atoms with Gasteiger partial charge in [0, 0.05) is 6.54 Å². The highest BCUT2D eigenvalue weighted by Gasteiger charge is 2.12. The molecule has 0 radical (unpaired) electrons. The summed E-state index contributed by atoms with van der Waals surface area (Å²) < 4.78 is 19.2. The summed E-state index contributed by atoms with van der Waals surface area (Å²) in [6.45, 7) is -0.335. The number of unbranched alkanes of at least 4 members (excludes halogenated alkanes) is 3. The van der Waals surface area contributed by atoms with E-state index in [0.29, 0.717) is 19.4 Å². The summed E-state index contributed by atoms with van der Waals surface area (Å²) in [5, 5.41) is 19.9. The van der Waals surface area contributed by atoms with Crippen molar-refractivity contribution in [3.05, 3.63) is 0 Å². The lowest BCUT2D eigenvalue weighted by atomic mass is 10.2. The van der Waals surface area contributed by atoms with Crippen molar-refractivity contribution in [3.8, 4) is 0 Å². The molecular weight excluding hydrogens is 293 g/mol. The van der Waals surface area contributed by atoms with Gasteiger partial charge in [-0.15, -0.1) is 0 Å². The Morgan fingerprint density at radius 1 is 1.20 bits per heavy atom. The van der Waals surface area contributed by atoms with Gasteiger partial charge in [-0.25, -0.2) is 9.36 Å². The van der Waals surface area contributed by atoms with Gasteiger partial charge < -0.3 is 30.1 Å². The number of ether oxygens (including phenoxy) is 1. The van der Waals surface area contributed by atoms with E-state index in [4.69, 9.17) is 20.0 Å². The maximum Gasteiger partial charge on any atom is 0.469 e. The third-order valence-corrected chi connectivity index (χ3v) is 2.74. The zero-order chi connectivity index (χ0) is 15.4. The summed E-state index contributed by atoms with van der Waals surface area (Å²) in [4.78, 5) is 27.9. The Kier molecular flexibility index (Phi) is 10.6. The van der Waals surface area contributed by atoms with E-state index in [1.165, 1.54) is 0 Å². The Morgan fingerprint density at radius 3 is 2.45 bits per heavy atom. The monoisotopic (exact) mass is 315 g/mol. The van der Waals surface area contributed by atoms with Gasteiger partial charge in [0.05, 0.1) is 13.2 Å². The van der Waals surface area contributed by atoms with E-state index in [9.17, 15) is 9.36 Å². The van der Waals surface area contributed by atoms with Crippen LogP contribution in [0.3, 0.4) is 0 Å². The Labute approximate surface area is 117 Å². The molecule has 0 saturated heterocycles. The van der Waals surface area contributed by atoms with E-state index in [1.807, 2.05) is 0 Å². The van der Waals surface area contributed by atoms with E-state index in [0.717, 1.165) is 12.8 Å². The van der Waals surface area contributed by atoms with Crippen molar-refractivity contribution in [1.82, 2.24) is 5.32 Å². The van der Waals surface area contributed by atoms with Crippen LogP contribution in [-0.2, 0) is 13.8 Å². The van der Waals surface area contributed by atoms with Crippen molar-refractivity contribution in [1.29, 1.82) is 0 Å². The molecular formula is C10H22NO8P. The molecule has 0 rings (SSSR count). The standard InChI is InChI=1S/C10H22NO8P/c12-7-9(13)8-18-10(14)11-5-3-1-2-4-6-19-20(15,16)17/h9,12-13H,1-8H2,(H,11,14)(H2,15,16,17). The fourth-order valence-electron chi connectivity index (χ4n) is 1.23. The smallest absolute Gasteiger partial charge is 0.447 e. The highest BCUT2D eigenvalue weighted by Crippen LogP contribution is 2.35. The summed E-state index contributed by atoms with van der Waals surface area (Å²) >= 11 is 0. The lowest BCUT2D eigenvalue weighted by Gasteiger charge is -2.09. The second kappa shape index (κ2) is 11.0. The highest BCUT2D eigenvalue weighted by atomic mass is 31.2. The van der Waals surface area contributed by atoms with Crippen LogP contribution in [0.1, 0.15) is 25.7 Å². The number of aliphatic hydroxyl groups is 2. The molecule has 0 aromatic heterocycles. The normalized spacial score (nSPS) is 13.0. The number of aliphatic hydroxyl groups excluding tert-OH is 2. The minimum absolute atomic E-state index is 0.00119. The molecule has 0 aliphatic rings. The summed E-state index contributed by atoms with van der Waals surface area (Å²) in [5.41, 5.74) is 0. The van der Waals surface area contributed by atoms with Gasteiger partial charge in [-0.2, -0.15) is 0 Å². The van der Waals surface area contributed by atoms with Crippen molar-refractivity contribution in [3.63, 3.8) is 0 Å². The van der Waals surface area contributed by atoms with E-state index in [1.54, 1.807) is 0 Å². The molecule has 0 aromatic rings. The summed E-state index contributed by atoms with van der Waals surface area (Å²) in [7, 11) is -4.37. The molecule has 0 spiro atoms. The number of carbonyl (C=O) groups is 1. The molecule has 20 heavy (non-hydrogen) atoms. The van der Waals surface area contributed by atoms with Gasteiger partial charge in [0.25, 0.3) is 0 Å². The van der Waals surface area contributed by atoms with Gasteiger partial charge in [-0.3, -0.25) is 4.52 Å². The predicted molar refractivity (Wildman–Crippen MR) is 68.9 cm³/mol. The minimum atomic E-state index is -4.37. The Bertz CT molecular complexity index is 308. The van der Waals surface area contributed by atoms with Gasteiger partial charge >= 0.3 is 13.9 Å². The maximum atomic E-state index is 11.1. The largest absolute Gasteiger partial charge is 0.469 e. The first-order chi connectivity index (χ1) is 9.35. The number of alkyl carbamates (subject to hydrolysis) is 1. The van der Waals surface area contributed by atoms with Crippen LogP contribution in [0.5, 0.6) is 0 Å². The van der Waals surface area contributed by atoms with Crippen LogP contribution in [0.25, 0.3) is 0 Å². The van der Waals surface area contributed by atoms with Crippen LogP contribution < -0.4 is 5.32 Å². The van der Waals surface area contributed by atoms with Crippen LogP contribution in [0, 0.1) is 0 Å². The molecule has 0 heterocycles. The van der Waals surface area contributed by atoms with Gasteiger partial charge in [0.2, 0.25) is 0 Å². The molecule has 0 fully saturated rings. The molecule has 5 N–H and O–H groups in total.